The van der Waals surface area contributed by atoms with E-state index in [0.29, 0.717) is 10.1 Å². The molecule has 90 valence electrons. The summed E-state index contributed by atoms with van der Waals surface area (Å²) in [6.45, 7) is 0. The van der Waals surface area contributed by atoms with Gasteiger partial charge >= 0.3 is 5.97 Å². The smallest absolute Gasteiger partial charge is 0.320 e. The number of H-pyrrole nitrogens is 1. The van der Waals surface area contributed by atoms with E-state index >= 15 is 0 Å². The minimum atomic E-state index is -1.06. The normalized spacial score (nSPS) is 12.9. The fourth-order valence-corrected chi connectivity index (χ4v) is 2.29. The van der Waals surface area contributed by atoms with Gasteiger partial charge in [0.15, 0.2) is 0 Å². The maximum Gasteiger partial charge on any atom is 0.320 e. The van der Waals surface area contributed by atoms with Crippen LogP contribution in [0.1, 0.15) is 5.56 Å². The highest BCUT2D eigenvalue weighted by atomic mass is 79.9. The van der Waals surface area contributed by atoms with Crippen molar-refractivity contribution in [1.82, 2.24) is 4.98 Å². The van der Waals surface area contributed by atoms with Crippen molar-refractivity contribution >= 4 is 32.8 Å². The lowest BCUT2D eigenvalue weighted by Crippen LogP contribution is -2.32. The molecule has 0 spiro atoms. The predicted molar refractivity (Wildman–Crippen MR) is 65.3 cm³/mol. The number of benzene rings is 1. The molecular formula is C11H10BrFN2O2. The fourth-order valence-electron chi connectivity index (χ4n) is 1.70. The zero-order valence-electron chi connectivity index (χ0n) is 8.71. The Balaban J connectivity index is 2.46. The van der Waals surface area contributed by atoms with Gasteiger partial charge in [-0.15, -0.1) is 0 Å². The summed E-state index contributed by atoms with van der Waals surface area (Å²) in [7, 11) is 0. The Kier molecular flexibility index (Phi) is 3.17. The molecule has 0 amide bonds. The molecule has 1 aromatic carbocycles. The quantitative estimate of drug-likeness (QED) is 0.811. The first-order chi connectivity index (χ1) is 7.99. The summed E-state index contributed by atoms with van der Waals surface area (Å²) >= 11 is 3.29. The van der Waals surface area contributed by atoms with E-state index < -0.39 is 12.0 Å². The van der Waals surface area contributed by atoms with Gasteiger partial charge in [-0.25, -0.2) is 4.39 Å². The molecule has 1 aromatic heterocycles. The minimum Gasteiger partial charge on any atom is -0.480 e. The van der Waals surface area contributed by atoms with Gasteiger partial charge < -0.3 is 15.8 Å². The summed E-state index contributed by atoms with van der Waals surface area (Å²) in [6, 6.07) is 3.32. The summed E-state index contributed by atoms with van der Waals surface area (Å²) in [5.41, 5.74) is 6.85. The molecule has 0 aliphatic heterocycles. The molecule has 2 rings (SSSR count). The SMILES string of the molecule is NC(Cc1c(Br)[nH]c2cc(F)ccc12)C(=O)O. The lowest BCUT2D eigenvalue weighted by Gasteiger charge is -2.05. The molecule has 4 N–H and O–H groups in total. The van der Waals surface area contributed by atoms with Crippen LogP contribution in [0, 0.1) is 5.82 Å². The standard InChI is InChI=1S/C11H10BrFN2O2/c12-10-7(4-8(14)11(16)17)6-2-1-5(13)3-9(6)15-10/h1-3,8,15H,4,14H2,(H,16,17). The number of carboxylic acids is 1. The van der Waals surface area contributed by atoms with Crippen molar-refractivity contribution in [2.45, 2.75) is 12.5 Å². The summed E-state index contributed by atoms with van der Waals surface area (Å²) in [5.74, 6) is -1.41. The molecule has 0 radical (unpaired) electrons. The lowest BCUT2D eigenvalue weighted by atomic mass is 10.1. The molecule has 0 saturated heterocycles. The molecule has 4 nitrogen and oxygen atoms in total. The molecule has 0 saturated carbocycles. The Morgan fingerprint density at radius 3 is 2.94 bits per heavy atom. The zero-order valence-corrected chi connectivity index (χ0v) is 10.3. The van der Waals surface area contributed by atoms with E-state index in [1.54, 1.807) is 6.07 Å². The Labute approximate surface area is 105 Å². The number of hydrogen-bond acceptors (Lipinski definition) is 2. The first kappa shape index (κ1) is 12.1. The Bertz CT molecular complexity index is 582. The van der Waals surface area contributed by atoms with Crippen LogP contribution in [-0.2, 0) is 11.2 Å². The highest BCUT2D eigenvalue weighted by Gasteiger charge is 2.17. The molecule has 0 aliphatic rings. The van der Waals surface area contributed by atoms with Crippen LogP contribution >= 0.6 is 15.9 Å². The van der Waals surface area contributed by atoms with Crippen LogP contribution in [0.3, 0.4) is 0 Å². The summed E-state index contributed by atoms with van der Waals surface area (Å²) in [4.78, 5) is 13.7. The number of rotatable bonds is 3. The summed E-state index contributed by atoms with van der Waals surface area (Å²) in [6.07, 6.45) is 0.182. The van der Waals surface area contributed by atoms with Gasteiger partial charge in [-0.2, -0.15) is 0 Å². The molecule has 17 heavy (non-hydrogen) atoms. The van der Waals surface area contributed by atoms with Crippen LogP contribution in [0.5, 0.6) is 0 Å². The first-order valence-corrected chi connectivity index (χ1v) is 5.72. The predicted octanol–water partition coefficient (Wildman–Crippen LogP) is 2.02. The second-order valence-corrected chi connectivity index (χ2v) is 4.55. The van der Waals surface area contributed by atoms with Crippen molar-refractivity contribution < 1.29 is 14.3 Å². The maximum absolute atomic E-state index is 13.0. The third-order valence-electron chi connectivity index (χ3n) is 2.56. The Morgan fingerprint density at radius 1 is 1.59 bits per heavy atom. The van der Waals surface area contributed by atoms with Gasteiger partial charge in [-0.05, 0) is 39.7 Å². The van der Waals surface area contributed by atoms with E-state index in [-0.39, 0.29) is 12.2 Å². The maximum atomic E-state index is 13.0. The van der Waals surface area contributed by atoms with Crippen molar-refractivity contribution in [3.05, 3.63) is 34.2 Å². The van der Waals surface area contributed by atoms with Crippen molar-refractivity contribution in [3.63, 3.8) is 0 Å². The number of nitrogens with one attached hydrogen (secondary N) is 1. The summed E-state index contributed by atoms with van der Waals surface area (Å²) < 4.78 is 13.6. The third kappa shape index (κ3) is 2.32. The Hall–Kier alpha value is -1.40. The van der Waals surface area contributed by atoms with Crippen LogP contribution in [-0.4, -0.2) is 22.1 Å². The minimum absolute atomic E-state index is 0.182. The third-order valence-corrected chi connectivity index (χ3v) is 3.23. The van der Waals surface area contributed by atoms with Gasteiger partial charge in [0.25, 0.3) is 0 Å². The number of nitrogens with two attached hydrogens (primary N) is 1. The first-order valence-electron chi connectivity index (χ1n) is 4.93. The average molecular weight is 301 g/mol. The molecule has 0 bridgehead atoms. The zero-order chi connectivity index (χ0) is 12.6. The average Bonchev–Trinajstić information content (AvgIpc) is 2.54. The fraction of sp³-hybridized carbons (Fsp3) is 0.182. The van der Waals surface area contributed by atoms with Gasteiger partial charge in [0.1, 0.15) is 11.9 Å². The van der Waals surface area contributed by atoms with E-state index in [4.69, 9.17) is 10.8 Å². The highest BCUT2D eigenvalue weighted by molar-refractivity contribution is 9.10. The number of aliphatic carboxylic acids is 1. The van der Waals surface area contributed by atoms with Gasteiger partial charge in [0.05, 0.1) is 4.60 Å². The number of halogens is 2. The van der Waals surface area contributed by atoms with Crippen LogP contribution in [0.4, 0.5) is 4.39 Å². The van der Waals surface area contributed by atoms with E-state index in [1.165, 1.54) is 12.1 Å². The molecule has 1 unspecified atom stereocenters. The van der Waals surface area contributed by atoms with E-state index in [0.717, 1.165) is 10.9 Å². The largest absolute Gasteiger partial charge is 0.480 e. The molecule has 6 heteroatoms. The second kappa shape index (κ2) is 4.46. The molecule has 0 fully saturated rings. The second-order valence-electron chi connectivity index (χ2n) is 3.76. The van der Waals surface area contributed by atoms with E-state index in [2.05, 4.69) is 20.9 Å². The number of hydrogen-bond donors (Lipinski definition) is 3. The van der Waals surface area contributed by atoms with Crippen molar-refractivity contribution in [2.75, 3.05) is 0 Å². The van der Waals surface area contributed by atoms with Gasteiger partial charge in [0.2, 0.25) is 0 Å². The molecule has 2 aromatic rings. The molecule has 1 heterocycles. The van der Waals surface area contributed by atoms with Crippen LogP contribution in [0.25, 0.3) is 10.9 Å². The number of aromatic amines is 1. The van der Waals surface area contributed by atoms with Crippen molar-refractivity contribution in [3.8, 4) is 0 Å². The summed E-state index contributed by atoms with van der Waals surface area (Å²) in [5, 5.41) is 9.55. The Morgan fingerprint density at radius 2 is 2.29 bits per heavy atom. The van der Waals surface area contributed by atoms with Crippen molar-refractivity contribution in [2.24, 2.45) is 5.73 Å². The topological polar surface area (TPSA) is 79.1 Å². The van der Waals surface area contributed by atoms with Crippen molar-refractivity contribution in [1.29, 1.82) is 0 Å². The lowest BCUT2D eigenvalue weighted by molar-refractivity contribution is -0.138. The van der Waals surface area contributed by atoms with Gasteiger partial charge in [0, 0.05) is 17.3 Å². The number of carbonyl (C=O) groups is 1. The van der Waals surface area contributed by atoms with Gasteiger partial charge in [-0.1, -0.05) is 0 Å². The van der Waals surface area contributed by atoms with Crippen LogP contribution < -0.4 is 5.73 Å². The molecular weight excluding hydrogens is 291 g/mol. The number of carboxylic acid groups (broad SMARTS) is 1. The monoisotopic (exact) mass is 300 g/mol. The highest BCUT2D eigenvalue weighted by Crippen LogP contribution is 2.28. The molecule has 0 aliphatic carbocycles. The van der Waals surface area contributed by atoms with Crippen LogP contribution in [0.2, 0.25) is 0 Å². The number of aromatic nitrogens is 1. The van der Waals surface area contributed by atoms with E-state index in [9.17, 15) is 9.18 Å². The molecule has 1 atom stereocenters. The van der Waals surface area contributed by atoms with Crippen LogP contribution in [0.15, 0.2) is 22.8 Å². The van der Waals surface area contributed by atoms with E-state index in [1.807, 2.05) is 0 Å². The van der Waals surface area contributed by atoms with Gasteiger partial charge in [-0.3, -0.25) is 4.79 Å². The number of fused-ring (bicyclic) bond motifs is 1.